The van der Waals surface area contributed by atoms with Gasteiger partial charge in [-0.05, 0) is 37.3 Å². The van der Waals surface area contributed by atoms with E-state index in [0.717, 1.165) is 54.2 Å². The number of ether oxygens (including phenoxy) is 1. The maximum atomic E-state index is 11.2. The lowest BCUT2D eigenvalue weighted by Gasteiger charge is -2.31. The maximum Gasteiger partial charge on any atom is 0.407 e. The third kappa shape index (κ3) is 6.30. The van der Waals surface area contributed by atoms with Crippen LogP contribution in [0.25, 0.3) is 22.3 Å². The van der Waals surface area contributed by atoms with Crippen molar-refractivity contribution in [3.63, 3.8) is 0 Å². The number of amides is 1. The van der Waals surface area contributed by atoms with Crippen LogP contribution < -0.4 is 0 Å². The summed E-state index contributed by atoms with van der Waals surface area (Å²) in [5.41, 5.74) is 2.50. The van der Waals surface area contributed by atoms with Crippen LogP contribution in [0.15, 0.2) is 31.0 Å². The molecule has 1 aliphatic rings. The van der Waals surface area contributed by atoms with Gasteiger partial charge in [-0.3, -0.25) is 4.68 Å². The van der Waals surface area contributed by atoms with E-state index >= 15 is 0 Å². The number of likely N-dealkylation sites (tertiary alicyclic amines) is 1. The molecule has 1 fully saturated rings. The summed E-state index contributed by atoms with van der Waals surface area (Å²) in [5.74, 6) is 0.368. The Hall–Kier alpha value is -3.23. The fourth-order valence-electron chi connectivity index (χ4n) is 4.67. The Morgan fingerprint density at radius 1 is 1.31 bits per heavy atom. The number of hydrogen-bond donors (Lipinski definition) is 1. The third-order valence-electron chi connectivity index (χ3n) is 6.85. The summed E-state index contributed by atoms with van der Waals surface area (Å²) in [4.78, 5) is 21.7. The molecule has 192 valence electrons. The molecule has 1 unspecified atom stereocenters. The minimum absolute atomic E-state index is 0.0631. The van der Waals surface area contributed by atoms with E-state index in [1.165, 1.54) is 4.90 Å². The molecule has 0 aromatic carbocycles. The lowest BCUT2D eigenvalue weighted by atomic mass is 9.89. The van der Waals surface area contributed by atoms with Crippen LogP contribution in [-0.4, -0.2) is 68.2 Å². The minimum atomic E-state index is -1.14. The van der Waals surface area contributed by atoms with Gasteiger partial charge >= 0.3 is 6.09 Å². The van der Waals surface area contributed by atoms with Crippen molar-refractivity contribution in [2.75, 3.05) is 19.7 Å². The lowest BCUT2D eigenvalue weighted by molar-refractivity contribution is 0.0899. The van der Waals surface area contributed by atoms with E-state index in [9.17, 15) is 15.2 Å². The molecule has 11 heteroatoms. The Kier molecular flexibility index (Phi) is 8.06. The van der Waals surface area contributed by atoms with E-state index in [4.69, 9.17) is 4.74 Å². The monoisotopic (exact) mass is 509 g/mol. The number of hydrogen-bond acceptors (Lipinski definition) is 6. The second-order valence-electron chi connectivity index (χ2n) is 10.8. The van der Waals surface area contributed by atoms with Gasteiger partial charge in [0.15, 0.2) is 0 Å². The van der Waals surface area contributed by atoms with Gasteiger partial charge in [0.2, 0.25) is 0 Å². The Morgan fingerprint density at radius 3 is 2.78 bits per heavy atom. The highest BCUT2D eigenvalue weighted by atomic mass is 28.3. The van der Waals surface area contributed by atoms with E-state index in [-0.39, 0.29) is 6.04 Å². The number of rotatable bonds is 10. The molecule has 3 aromatic heterocycles. The van der Waals surface area contributed by atoms with Crippen molar-refractivity contribution in [2.24, 2.45) is 5.92 Å². The Labute approximate surface area is 212 Å². The largest absolute Gasteiger partial charge is 0.465 e. The highest BCUT2D eigenvalue weighted by molar-refractivity contribution is 6.76. The normalized spacial score (nSPS) is 15.8. The van der Waals surface area contributed by atoms with Gasteiger partial charge in [0.05, 0.1) is 30.4 Å². The highest BCUT2D eigenvalue weighted by Crippen LogP contribution is 2.31. The zero-order chi connectivity index (χ0) is 25.7. The molecule has 0 saturated carbocycles. The van der Waals surface area contributed by atoms with Gasteiger partial charge < -0.3 is 19.3 Å². The first-order chi connectivity index (χ1) is 17.2. The fourth-order valence-corrected chi connectivity index (χ4v) is 5.43. The summed E-state index contributed by atoms with van der Waals surface area (Å²) in [6, 6.07) is 5.36. The van der Waals surface area contributed by atoms with Crippen LogP contribution in [-0.2, 0) is 11.5 Å². The number of carboxylic acid groups (broad SMARTS) is 1. The van der Waals surface area contributed by atoms with Crippen LogP contribution in [0.1, 0.15) is 31.7 Å². The molecular formula is C25H35N7O3Si. The standard InChI is InChI=1S/C25H35N7O3Si/c1-36(2,3)13-12-35-18-31-11-7-22-23(27-17-28-24(22)31)20-15-29-32(16-20)21(4-8-26)14-19-5-9-30(10-6-19)25(33)34/h7,11,15-17,19,21H,4-6,9-10,12-14,18H2,1-3H3,(H,33,34). The summed E-state index contributed by atoms with van der Waals surface area (Å²) in [7, 11) is -1.14. The zero-order valence-electron chi connectivity index (χ0n) is 21.3. The number of fused-ring (bicyclic) bond motifs is 1. The smallest absolute Gasteiger partial charge is 0.407 e. The number of aromatic nitrogens is 5. The number of nitrogens with zero attached hydrogens (tertiary/aromatic N) is 7. The number of piperidine rings is 1. The summed E-state index contributed by atoms with van der Waals surface area (Å²) < 4.78 is 9.78. The quantitative estimate of drug-likeness (QED) is 0.306. The van der Waals surface area contributed by atoms with Gasteiger partial charge in [0.25, 0.3) is 0 Å². The van der Waals surface area contributed by atoms with Gasteiger partial charge in [-0.25, -0.2) is 14.8 Å². The van der Waals surface area contributed by atoms with E-state index in [1.54, 1.807) is 12.5 Å². The molecule has 0 bridgehead atoms. The van der Waals surface area contributed by atoms with Crippen LogP contribution in [0, 0.1) is 17.2 Å². The third-order valence-corrected chi connectivity index (χ3v) is 8.55. The molecule has 0 aliphatic carbocycles. The van der Waals surface area contributed by atoms with Gasteiger partial charge in [-0.1, -0.05) is 19.6 Å². The van der Waals surface area contributed by atoms with Gasteiger partial charge in [-0.15, -0.1) is 0 Å². The van der Waals surface area contributed by atoms with Crippen LogP contribution in [0.5, 0.6) is 0 Å². The van der Waals surface area contributed by atoms with Crippen LogP contribution in [0.2, 0.25) is 25.7 Å². The van der Waals surface area contributed by atoms with Crippen LogP contribution in [0.3, 0.4) is 0 Å². The van der Waals surface area contributed by atoms with Crippen LogP contribution >= 0.6 is 0 Å². The average molecular weight is 510 g/mol. The van der Waals surface area contributed by atoms with E-state index in [1.807, 2.05) is 27.7 Å². The highest BCUT2D eigenvalue weighted by Gasteiger charge is 2.26. The van der Waals surface area contributed by atoms with Crippen molar-refractivity contribution in [3.05, 3.63) is 31.0 Å². The average Bonchev–Trinajstić information content (AvgIpc) is 3.49. The lowest BCUT2D eigenvalue weighted by Crippen LogP contribution is -2.38. The van der Waals surface area contributed by atoms with Crippen molar-refractivity contribution in [1.82, 2.24) is 29.2 Å². The summed E-state index contributed by atoms with van der Waals surface area (Å²) in [6.45, 7) is 9.30. The van der Waals surface area contributed by atoms with E-state index in [0.29, 0.717) is 32.2 Å². The molecule has 1 saturated heterocycles. The van der Waals surface area contributed by atoms with Crippen molar-refractivity contribution >= 4 is 25.2 Å². The minimum Gasteiger partial charge on any atom is -0.465 e. The first kappa shape index (κ1) is 25.8. The first-order valence-electron chi connectivity index (χ1n) is 12.5. The molecule has 1 atom stereocenters. The van der Waals surface area contributed by atoms with E-state index in [2.05, 4.69) is 40.8 Å². The summed E-state index contributed by atoms with van der Waals surface area (Å²) in [6.07, 6.45) is 9.20. The Bertz CT molecular complexity index is 1220. The van der Waals surface area contributed by atoms with Gasteiger partial charge in [0, 0.05) is 51.1 Å². The molecule has 10 nitrogen and oxygen atoms in total. The summed E-state index contributed by atoms with van der Waals surface area (Å²) in [5, 5.41) is 24.1. The second kappa shape index (κ2) is 11.2. The first-order valence-corrected chi connectivity index (χ1v) is 16.2. The number of carbonyl (C=O) groups is 1. The molecule has 1 aliphatic heterocycles. The van der Waals surface area contributed by atoms with Crippen molar-refractivity contribution < 1.29 is 14.6 Å². The molecule has 0 radical (unpaired) electrons. The zero-order valence-corrected chi connectivity index (χ0v) is 22.3. The van der Waals surface area contributed by atoms with Crippen molar-refractivity contribution in [2.45, 2.75) is 64.1 Å². The molecule has 4 heterocycles. The molecule has 0 spiro atoms. The van der Waals surface area contributed by atoms with Gasteiger partial charge in [-0.2, -0.15) is 10.4 Å². The molecular weight excluding hydrogens is 474 g/mol. The Balaban J connectivity index is 1.46. The summed E-state index contributed by atoms with van der Waals surface area (Å²) >= 11 is 0. The predicted octanol–water partition coefficient (Wildman–Crippen LogP) is 4.84. The molecule has 1 amide bonds. The Morgan fingerprint density at radius 2 is 2.08 bits per heavy atom. The van der Waals surface area contributed by atoms with Crippen molar-refractivity contribution in [3.8, 4) is 17.3 Å². The maximum absolute atomic E-state index is 11.2. The second-order valence-corrected chi connectivity index (χ2v) is 16.4. The van der Waals surface area contributed by atoms with Crippen molar-refractivity contribution in [1.29, 1.82) is 5.26 Å². The molecule has 36 heavy (non-hydrogen) atoms. The molecule has 3 aromatic rings. The van der Waals surface area contributed by atoms with E-state index < -0.39 is 14.2 Å². The molecule has 1 N–H and O–H groups in total. The fraction of sp³-hybridized carbons (Fsp3) is 0.560. The van der Waals surface area contributed by atoms with Crippen LogP contribution in [0.4, 0.5) is 4.79 Å². The van der Waals surface area contributed by atoms with Gasteiger partial charge in [0.1, 0.15) is 18.7 Å². The predicted molar refractivity (Wildman–Crippen MR) is 139 cm³/mol. The topological polar surface area (TPSA) is 122 Å². The molecule has 4 rings (SSSR count). The number of nitriles is 1. The SMILES string of the molecule is C[Si](C)(C)CCOCn1ccc2c(-c3cnn(C(CC#N)CC4CCN(C(=O)O)CC4)c3)ncnc21.